The number of amides is 1. The maximum Gasteiger partial charge on any atom is 0.266 e. The first kappa shape index (κ1) is 21.7. The fraction of sp³-hybridized carbons (Fsp3) is 0.524. The number of anilines is 1. The van der Waals surface area contributed by atoms with Crippen LogP contribution in [0.4, 0.5) is 10.1 Å². The fourth-order valence-corrected chi connectivity index (χ4v) is 3.25. The summed E-state index contributed by atoms with van der Waals surface area (Å²) in [7, 11) is 0. The topological polar surface area (TPSA) is 62.6 Å². The molecule has 0 spiro atoms. The van der Waals surface area contributed by atoms with Crippen LogP contribution in [0.25, 0.3) is 0 Å². The number of hydrogen-bond acceptors (Lipinski definition) is 5. The Bertz CT molecular complexity index is 686. The standard InChI is InChI=1S/C21H30FN5O/c1-3-25(4-2)11-5-10-24-17-18(16-23)21(28)27-14-12-26(13-15-27)20-8-6-19(22)7-9-20/h6-9,17,24H,3-5,10-15H2,1-2H3/b18-17-. The summed E-state index contributed by atoms with van der Waals surface area (Å²) in [5.74, 6) is -0.497. The van der Waals surface area contributed by atoms with Crippen molar-refractivity contribution in [1.29, 1.82) is 5.26 Å². The van der Waals surface area contributed by atoms with Crippen molar-refractivity contribution in [3.8, 4) is 6.07 Å². The van der Waals surface area contributed by atoms with Crippen LogP contribution in [0.2, 0.25) is 0 Å². The molecule has 0 aromatic heterocycles. The van der Waals surface area contributed by atoms with Crippen molar-refractivity contribution in [1.82, 2.24) is 15.1 Å². The molecule has 1 aliphatic heterocycles. The summed E-state index contributed by atoms with van der Waals surface area (Å²) in [6.07, 6.45) is 2.50. The molecule has 152 valence electrons. The average molecular weight is 388 g/mol. The van der Waals surface area contributed by atoms with Gasteiger partial charge in [-0.2, -0.15) is 5.26 Å². The van der Waals surface area contributed by atoms with E-state index in [4.69, 9.17) is 0 Å². The zero-order valence-corrected chi connectivity index (χ0v) is 16.8. The molecule has 2 rings (SSSR count). The van der Waals surface area contributed by atoms with Crippen LogP contribution in [0.3, 0.4) is 0 Å². The van der Waals surface area contributed by atoms with Gasteiger partial charge in [0.1, 0.15) is 17.5 Å². The highest BCUT2D eigenvalue weighted by atomic mass is 19.1. The van der Waals surface area contributed by atoms with Crippen molar-refractivity contribution in [2.45, 2.75) is 20.3 Å². The molecular weight excluding hydrogens is 357 g/mol. The van der Waals surface area contributed by atoms with Gasteiger partial charge in [0, 0.05) is 44.6 Å². The van der Waals surface area contributed by atoms with Crippen LogP contribution < -0.4 is 10.2 Å². The lowest BCUT2D eigenvalue weighted by Gasteiger charge is -2.36. The molecule has 1 aliphatic rings. The average Bonchev–Trinajstić information content (AvgIpc) is 2.74. The Morgan fingerprint density at radius 1 is 1.21 bits per heavy atom. The number of piperazine rings is 1. The lowest BCUT2D eigenvalue weighted by molar-refractivity contribution is -0.127. The van der Waals surface area contributed by atoms with Crippen LogP contribution >= 0.6 is 0 Å². The van der Waals surface area contributed by atoms with E-state index in [9.17, 15) is 14.4 Å². The van der Waals surface area contributed by atoms with E-state index in [1.807, 2.05) is 6.07 Å². The molecule has 0 aliphatic carbocycles. The Morgan fingerprint density at radius 2 is 1.86 bits per heavy atom. The van der Waals surface area contributed by atoms with E-state index in [0.29, 0.717) is 26.2 Å². The molecular formula is C21H30FN5O. The van der Waals surface area contributed by atoms with E-state index >= 15 is 0 Å². The molecule has 1 amide bonds. The maximum atomic E-state index is 13.1. The van der Waals surface area contributed by atoms with Crippen LogP contribution in [0, 0.1) is 17.1 Å². The van der Waals surface area contributed by atoms with Crippen LogP contribution in [0.1, 0.15) is 20.3 Å². The number of nitrogens with one attached hydrogen (secondary N) is 1. The molecule has 1 aromatic carbocycles. The number of hydrogen-bond donors (Lipinski definition) is 1. The Hall–Kier alpha value is -2.59. The molecule has 1 saturated heterocycles. The molecule has 1 heterocycles. The third-order valence-corrected chi connectivity index (χ3v) is 5.05. The minimum Gasteiger partial charge on any atom is -0.390 e. The number of carbonyl (C=O) groups is 1. The Kier molecular flexibility index (Phi) is 8.76. The first-order chi connectivity index (χ1) is 13.6. The number of benzene rings is 1. The van der Waals surface area contributed by atoms with Crippen LogP contribution in [-0.2, 0) is 4.79 Å². The molecule has 0 saturated carbocycles. The van der Waals surface area contributed by atoms with E-state index in [0.717, 1.165) is 38.3 Å². The minimum atomic E-state index is -0.258. The van der Waals surface area contributed by atoms with Gasteiger partial charge in [-0.1, -0.05) is 13.8 Å². The second-order valence-electron chi connectivity index (χ2n) is 6.76. The van der Waals surface area contributed by atoms with Gasteiger partial charge < -0.3 is 20.0 Å². The summed E-state index contributed by atoms with van der Waals surface area (Å²) in [4.78, 5) is 18.8. The van der Waals surface area contributed by atoms with Crippen molar-refractivity contribution in [3.05, 3.63) is 41.9 Å². The SMILES string of the molecule is CCN(CC)CCCN/C=C(/C#N)C(=O)N1CCN(c2ccc(F)cc2)CC1. The molecule has 0 unspecified atom stereocenters. The third kappa shape index (κ3) is 6.24. The van der Waals surface area contributed by atoms with Crippen molar-refractivity contribution in [2.24, 2.45) is 0 Å². The van der Waals surface area contributed by atoms with E-state index < -0.39 is 0 Å². The van der Waals surface area contributed by atoms with Crippen LogP contribution in [0.5, 0.6) is 0 Å². The number of carbonyl (C=O) groups excluding carboxylic acids is 1. The molecule has 28 heavy (non-hydrogen) atoms. The number of halogens is 1. The third-order valence-electron chi connectivity index (χ3n) is 5.05. The summed E-state index contributed by atoms with van der Waals surface area (Å²) in [6, 6.07) is 8.38. The first-order valence-corrected chi connectivity index (χ1v) is 9.94. The Morgan fingerprint density at radius 3 is 2.43 bits per heavy atom. The van der Waals surface area contributed by atoms with Crippen molar-refractivity contribution in [2.75, 3.05) is 57.3 Å². The monoisotopic (exact) mass is 387 g/mol. The van der Waals surface area contributed by atoms with Crippen molar-refractivity contribution >= 4 is 11.6 Å². The molecule has 7 heteroatoms. The number of nitriles is 1. The van der Waals surface area contributed by atoms with Crippen LogP contribution in [0.15, 0.2) is 36.0 Å². The number of nitrogens with zero attached hydrogens (tertiary/aromatic N) is 4. The van der Waals surface area contributed by atoms with Gasteiger partial charge in [-0.25, -0.2) is 4.39 Å². The summed E-state index contributed by atoms with van der Waals surface area (Å²) in [6.45, 7) is 10.5. The van der Waals surface area contributed by atoms with E-state index in [-0.39, 0.29) is 17.3 Å². The zero-order chi connectivity index (χ0) is 20.4. The fourth-order valence-electron chi connectivity index (χ4n) is 3.25. The van der Waals surface area contributed by atoms with Gasteiger partial charge in [0.25, 0.3) is 5.91 Å². The minimum absolute atomic E-state index is 0.137. The molecule has 1 aromatic rings. The smallest absolute Gasteiger partial charge is 0.266 e. The largest absolute Gasteiger partial charge is 0.390 e. The quantitative estimate of drug-likeness (QED) is 0.400. The highest BCUT2D eigenvalue weighted by Crippen LogP contribution is 2.17. The summed E-state index contributed by atoms with van der Waals surface area (Å²) < 4.78 is 13.1. The second-order valence-corrected chi connectivity index (χ2v) is 6.76. The van der Waals surface area contributed by atoms with E-state index in [1.54, 1.807) is 17.0 Å². The second kappa shape index (κ2) is 11.3. The van der Waals surface area contributed by atoms with Crippen molar-refractivity contribution < 1.29 is 9.18 Å². The lowest BCUT2D eigenvalue weighted by atomic mass is 10.2. The van der Waals surface area contributed by atoms with Gasteiger partial charge in [0.2, 0.25) is 0 Å². The van der Waals surface area contributed by atoms with Gasteiger partial charge in [0.05, 0.1) is 0 Å². The predicted octanol–water partition coefficient (Wildman–Crippen LogP) is 2.20. The summed E-state index contributed by atoms with van der Waals surface area (Å²) in [5, 5.41) is 12.4. The summed E-state index contributed by atoms with van der Waals surface area (Å²) in [5.41, 5.74) is 1.08. The molecule has 6 nitrogen and oxygen atoms in total. The van der Waals surface area contributed by atoms with Gasteiger partial charge in [-0.3, -0.25) is 4.79 Å². The highest BCUT2D eigenvalue weighted by Gasteiger charge is 2.23. The molecule has 0 bridgehead atoms. The van der Waals surface area contributed by atoms with Gasteiger partial charge in [0.15, 0.2) is 0 Å². The summed E-state index contributed by atoms with van der Waals surface area (Å²) >= 11 is 0. The Balaban J connectivity index is 1.80. The van der Waals surface area contributed by atoms with E-state index in [1.165, 1.54) is 18.3 Å². The van der Waals surface area contributed by atoms with Crippen LogP contribution in [-0.4, -0.2) is 68.1 Å². The zero-order valence-electron chi connectivity index (χ0n) is 16.8. The Labute approximate surface area is 167 Å². The lowest BCUT2D eigenvalue weighted by Crippen LogP contribution is -2.49. The molecule has 1 N–H and O–H groups in total. The van der Waals surface area contributed by atoms with Gasteiger partial charge in [-0.05, 0) is 50.3 Å². The predicted molar refractivity (Wildman–Crippen MR) is 109 cm³/mol. The highest BCUT2D eigenvalue weighted by molar-refractivity contribution is 5.97. The first-order valence-electron chi connectivity index (χ1n) is 9.94. The molecule has 1 fully saturated rings. The molecule has 0 radical (unpaired) electrons. The normalized spacial score (nSPS) is 14.9. The molecule has 0 atom stereocenters. The maximum absolute atomic E-state index is 13.1. The van der Waals surface area contributed by atoms with Gasteiger partial charge in [-0.15, -0.1) is 0 Å². The number of rotatable bonds is 9. The van der Waals surface area contributed by atoms with E-state index in [2.05, 4.69) is 29.0 Å². The van der Waals surface area contributed by atoms with Crippen molar-refractivity contribution in [3.63, 3.8) is 0 Å². The van der Waals surface area contributed by atoms with Gasteiger partial charge >= 0.3 is 0 Å².